The molecule has 1 heterocycles. The van der Waals surface area contributed by atoms with Crippen LogP contribution in [0.4, 0.5) is 4.79 Å². The first-order valence-corrected chi connectivity index (χ1v) is 6.39. The highest BCUT2D eigenvalue weighted by molar-refractivity contribution is 5.69. The SMILES string of the molecule is O=C1NC(Cc2ccc(-c3ccccc3)cc2)CO1. The van der Waals surface area contributed by atoms with Crippen molar-refractivity contribution in [1.29, 1.82) is 0 Å². The van der Waals surface area contributed by atoms with E-state index in [4.69, 9.17) is 4.74 Å². The number of cyclic esters (lactones) is 1. The van der Waals surface area contributed by atoms with Crippen LogP contribution in [-0.2, 0) is 11.2 Å². The fourth-order valence-corrected chi connectivity index (χ4v) is 2.28. The first kappa shape index (κ1) is 11.8. The fraction of sp³-hybridized carbons (Fsp3) is 0.188. The van der Waals surface area contributed by atoms with Gasteiger partial charge in [-0.15, -0.1) is 0 Å². The van der Waals surface area contributed by atoms with Gasteiger partial charge in [0.15, 0.2) is 0 Å². The highest BCUT2D eigenvalue weighted by Gasteiger charge is 2.21. The Balaban J connectivity index is 1.71. The molecule has 3 nitrogen and oxygen atoms in total. The summed E-state index contributed by atoms with van der Waals surface area (Å²) in [6.45, 7) is 0.458. The highest BCUT2D eigenvalue weighted by Crippen LogP contribution is 2.20. The summed E-state index contributed by atoms with van der Waals surface area (Å²) in [7, 11) is 0. The van der Waals surface area contributed by atoms with Gasteiger partial charge < -0.3 is 10.1 Å². The molecule has 1 fully saturated rings. The molecule has 0 saturated carbocycles. The van der Waals surface area contributed by atoms with Crippen LogP contribution in [0.1, 0.15) is 5.56 Å². The Kier molecular flexibility index (Phi) is 3.19. The van der Waals surface area contributed by atoms with Crippen LogP contribution in [0.5, 0.6) is 0 Å². The molecular formula is C16H15NO2. The summed E-state index contributed by atoms with van der Waals surface area (Å²) in [6, 6.07) is 18.8. The summed E-state index contributed by atoms with van der Waals surface area (Å²) in [6.07, 6.45) is 0.492. The summed E-state index contributed by atoms with van der Waals surface area (Å²) in [5.74, 6) is 0. The summed E-state index contributed by atoms with van der Waals surface area (Å²) in [5.41, 5.74) is 3.62. The third-order valence-electron chi connectivity index (χ3n) is 3.28. The number of hydrogen-bond donors (Lipinski definition) is 1. The summed E-state index contributed by atoms with van der Waals surface area (Å²) < 4.78 is 4.88. The largest absolute Gasteiger partial charge is 0.447 e. The van der Waals surface area contributed by atoms with Gasteiger partial charge in [0.05, 0.1) is 6.04 Å². The van der Waals surface area contributed by atoms with Crippen LogP contribution in [0.2, 0.25) is 0 Å². The fourth-order valence-electron chi connectivity index (χ4n) is 2.28. The average Bonchev–Trinajstić information content (AvgIpc) is 2.86. The highest BCUT2D eigenvalue weighted by atomic mass is 16.6. The van der Waals surface area contributed by atoms with Gasteiger partial charge in [-0.25, -0.2) is 4.79 Å². The molecule has 3 heteroatoms. The zero-order chi connectivity index (χ0) is 13.1. The standard InChI is InChI=1S/C16H15NO2/c18-16-17-15(11-19-16)10-12-6-8-14(9-7-12)13-4-2-1-3-5-13/h1-9,15H,10-11H2,(H,17,18). The second kappa shape index (κ2) is 5.14. The normalized spacial score (nSPS) is 17.9. The lowest BCUT2D eigenvalue weighted by molar-refractivity contribution is 0.177. The van der Waals surface area contributed by atoms with E-state index in [1.807, 2.05) is 18.2 Å². The molecule has 0 aliphatic carbocycles. The van der Waals surface area contributed by atoms with E-state index in [1.54, 1.807) is 0 Å². The van der Waals surface area contributed by atoms with Crippen LogP contribution < -0.4 is 5.32 Å². The molecule has 2 aromatic rings. The Morgan fingerprint density at radius 1 is 1.00 bits per heavy atom. The number of carbonyl (C=O) groups excluding carboxylic acids is 1. The maximum Gasteiger partial charge on any atom is 0.407 e. The lowest BCUT2D eigenvalue weighted by Crippen LogP contribution is -2.28. The molecule has 2 aromatic carbocycles. The molecule has 1 unspecified atom stereocenters. The molecule has 96 valence electrons. The molecular weight excluding hydrogens is 238 g/mol. The Bertz CT molecular complexity index is 563. The molecule has 1 aliphatic heterocycles. The molecule has 1 aliphatic rings. The van der Waals surface area contributed by atoms with Crippen LogP contribution in [-0.4, -0.2) is 18.7 Å². The number of nitrogens with one attached hydrogen (secondary N) is 1. The molecule has 1 saturated heterocycles. The number of benzene rings is 2. The van der Waals surface area contributed by atoms with Crippen LogP contribution in [0, 0.1) is 0 Å². The number of carbonyl (C=O) groups is 1. The van der Waals surface area contributed by atoms with Gasteiger partial charge in [0.1, 0.15) is 6.61 Å². The lowest BCUT2D eigenvalue weighted by Gasteiger charge is -2.08. The Morgan fingerprint density at radius 2 is 1.68 bits per heavy atom. The molecule has 0 bridgehead atoms. The van der Waals surface area contributed by atoms with Crippen molar-refractivity contribution < 1.29 is 9.53 Å². The van der Waals surface area contributed by atoms with Crippen molar-refractivity contribution in [3.05, 3.63) is 60.2 Å². The summed E-state index contributed by atoms with van der Waals surface area (Å²) >= 11 is 0. The Labute approximate surface area is 112 Å². The van der Waals surface area contributed by atoms with Crippen molar-refractivity contribution in [1.82, 2.24) is 5.32 Å². The number of hydrogen-bond acceptors (Lipinski definition) is 2. The smallest absolute Gasteiger partial charge is 0.407 e. The zero-order valence-electron chi connectivity index (χ0n) is 10.5. The van der Waals surface area contributed by atoms with E-state index in [9.17, 15) is 4.79 Å². The lowest BCUT2D eigenvalue weighted by atomic mass is 10.0. The second-order valence-electron chi connectivity index (χ2n) is 4.71. The maximum absolute atomic E-state index is 10.9. The van der Waals surface area contributed by atoms with Gasteiger partial charge in [-0.05, 0) is 23.1 Å². The third-order valence-corrected chi connectivity index (χ3v) is 3.28. The van der Waals surface area contributed by atoms with E-state index in [2.05, 4.69) is 41.7 Å². The van der Waals surface area contributed by atoms with Crippen molar-refractivity contribution in [3.8, 4) is 11.1 Å². The van der Waals surface area contributed by atoms with E-state index < -0.39 is 0 Å². The average molecular weight is 253 g/mol. The van der Waals surface area contributed by atoms with Gasteiger partial charge >= 0.3 is 6.09 Å². The topological polar surface area (TPSA) is 38.3 Å². The van der Waals surface area contributed by atoms with Gasteiger partial charge in [0, 0.05) is 0 Å². The zero-order valence-corrected chi connectivity index (χ0v) is 10.5. The van der Waals surface area contributed by atoms with Crippen molar-refractivity contribution >= 4 is 6.09 Å². The van der Waals surface area contributed by atoms with E-state index >= 15 is 0 Å². The van der Waals surface area contributed by atoms with Gasteiger partial charge in [-0.1, -0.05) is 54.6 Å². The molecule has 0 radical (unpaired) electrons. The quantitative estimate of drug-likeness (QED) is 0.913. The molecule has 1 atom stereocenters. The number of amides is 1. The Hall–Kier alpha value is -2.29. The van der Waals surface area contributed by atoms with E-state index in [0.717, 1.165) is 6.42 Å². The van der Waals surface area contributed by atoms with Crippen LogP contribution in [0.25, 0.3) is 11.1 Å². The summed E-state index contributed by atoms with van der Waals surface area (Å²) in [5, 5.41) is 2.79. The minimum Gasteiger partial charge on any atom is -0.447 e. The molecule has 1 N–H and O–H groups in total. The minimum atomic E-state index is -0.314. The predicted molar refractivity (Wildman–Crippen MR) is 73.9 cm³/mol. The third kappa shape index (κ3) is 2.76. The molecule has 0 spiro atoms. The summed E-state index contributed by atoms with van der Waals surface area (Å²) in [4.78, 5) is 10.9. The van der Waals surface area contributed by atoms with Crippen molar-refractivity contribution in [3.63, 3.8) is 0 Å². The van der Waals surface area contributed by atoms with E-state index in [-0.39, 0.29) is 12.1 Å². The Morgan fingerprint density at radius 3 is 2.32 bits per heavy atom. The first-order valence-electron chi connectivity index (χ1n) is 6.39. The van der Waals surface area contributed by atoms with Gasteiger partial charge in [0.2, 0.25) is 0 Å². The predicted octanol–water partition coefficient (Wildman–Crippen LogP) is 3.00. The number of ether oxygens (including phenoxy) is 1. The number of alkyl carbamates (subject to hydrolysis) is 1. The van der Waals surface area contributed by atoms with Crippen molar-refractivity contribution in [2.45, 2.75) is 12.5 Å². The van der Waals surface area contributed by atoms with E-state index in [0.29, 0.717) is 6.61 Å². The molecule has 0 aromatic heterocycles. The number of rotatable bonds is 3. The molecule has 19 heavy (non-hydrogen) atoms. The van der Waals surface area contributed by atoms with E-state index in [1.165, 1.54) is 16.7 Å². The maximum atomic E-state index is 10.9. The monoisotopic (exact) mass is 253 g/mol. The van der Waals surface area contributed by atoms with Gasteiger partial charge in [-0.3, -0.25) is 0 Å². The van der Waals surface area contributed by atoms with Crippen LogP contribution >= 0.6 is 0 Å². The van der Waals surface area contributed by atoms with Gasteiger partial charge in [-0.2, -0.15) is 0 Å². The van der Waals surface area contributed by atoms with Crippen molar-refractivity contribution in [2.75, 3.05) is 6.61 Å². The molecule has 3 rings (SSSR count). The van der Waals surface area contributed by atoms with Gasteiger partial charge in [0.25, 0.3) is 0 Å². The first-order chi connectivity index (χ1) is 9.31. The van der Waals surface area contributed by atoms with Crippen LogP contribution in [0.15, 0.2) is 54.6 Å². The minimum absolute atomic E-state index is 0.0927. The van der Waals surface area contributed by atoms with Crippen LogP contribution in [0.3, 0.4) is 0 Å². The second-order valence-corrected chi connectivity index (χ2v) is 4.71. The molecule has 1 amide bonds. The van der Waals surface area contributed by atoms with Crippen molar-refractivity contribution in [2.24, 2.45) is 0 Å².